The summed E-state index contributed by atoms with van der Waals surface area (Å²) in [7, 11) is 0. The molecule has 25 heavy (non-hydrogen) atoms. The van der Waals surface area contributed by atoms with Crippen LogP contribution in [0.2, 0.25) is 0 Å². The molecule has 0 saturated carbocycles. The molecule has 0 aliphatic carbocycles. The molecule has 0 heterocycles. The second-order valence-electron chi connectivity index (χ2n) is 6.00. The van der Waals surface area contributed by atoms with Crippen LogP contribution in [0.25, 0.3) is 0 Å². The second-order valence-corrected chi connectivity index (χ2v) is 6.00. The van der Waals surface area contributed by atoms with Crippen molar-refractivity contribution in [2.24, 2.45) is 11.5 Å². The zero-order chi connectivity index (χ0) is 18.1. The maximum atomic E-state index is 12.8. The van der Waals surface area contributed by atoms with Crippen LogP contribution in [-0.2, 0) is 9.59 Å². The molecule has 0 spiro atoms. The minimum Gasteiger partial charge on any atom is -0.330 e. The third kappa shape index (κ3) is 5.52. The van der Waals surface area contributed by atoms with E-state index in [1.54, 1.807) is 0 Å². The number of nitrogens with two attached hydrogens (primary N) is 2. The molecule has 0 fully saturated rings. The molecular weight excluding hydrogens is 314 g/mol. The average Bonchev–Trinajstić information content (AvgIpc) is 2.63. The minimum atomic E-state index is -0.706. The van der Waals surface area contributed by atoms with E-state index in [1.165, 1.54) is 0 Å². The number of rotatable bonds is 8. The van der Waals surface area contributed by atoms with Gasteiger partial charge in [0.2, 0.25) is 11.8 Å². The van der Waals surface area contributed by atoms with Crippen molar-refractivity contribution in [1.29, 1.82) is 0 Å². The number of imide groups is 1. The number of carbonyl (C=O) groups excluding carboxylic acids is 2. The predicted molar refractivity (Wildman–Crippen MR) is 98.8 cm³/mol. The molecule has 2 aromatic rings. The summed E-state index contributed by atoms with van der Waals surface area (Å²) < 4.78 is 0. The Morgan fingerprint density at radius 1 is 0.840 bits per heavy atom. The molecule has 0 radical (unpaired) electrons. The molecular formula is C20H25N3O2. The Bertz CT molecular complexity index is 634. The monoisotopic (exact) mass is 339 g/mol. The number of unbranched alkanes of at least 4 members (excludes halogenated alkanes) is 1. The Kier molecular flexibility index (Phi) is 7.32. The van der Waals surface area contributed by atoms with Gasteiger partial charge < -0.3 is 11.5 Å². The summed E-state index contributed by atoms with van der Waals surface area (Å²) in [5, 5.41) is 2.47. The van der Waals surface area contributed by atoms with Crippen LogP contribution in [0.15, 0.2) is 60.7 Å². The van der Waals surface area contributed by atoms with Gasteiger partial charge in [-0.15, -0.1) is 0 Å². The van der Waals surface area contributed by atoms with Gasteiger partial charge in [0.1, 0.15) is 0 Å². The first-order chi connectivity index (χ1) is 12.1. The highest BCUT2D eigenvalue weighted by Crippen LogP contribution is 2.24. The maximum absolute atomic E-state index is 12.8. The van der Waals surface area contributed by atoms with Gasteiger partial charge in [0.15, 0.2) is 0 Å². The fourth-order valence-corrected chi connectivity index (χ4v) is 2.71. The summed E-state index contributed by atoms with van der Waals surface area (Å²) in [6.07, 6.45) is 2.09. The van der Waals surface area contributed by atoms with Crippen molar-refractivity contribution in [3.8, 4) is 0 Å². The summed E-state index contributed by atoms with van der Waals surface area (Å²) in [5.41, 5.74) is 13.0. The molecule has 0 aromatic heterocycles. The Morgan fingerprint density at radius 2 is 1.36 bits per heavy atom. The lowest BCUT2D eigenvalue weighted by Gasteiger charge is -2.19. The van der Waals surface area contributed by atoms with Crippen LogP contribution in [0.1, 0.15) is 36.3 Å². The van der Waals surface area contributed by atoms with Gasteiger partial charge >= 0.3 is 0 Å². The number of hydrogen-bond donors (Lipinski definition) is 3. The molecule has 0 saturated heterocycles. The Balaban J connectivity index is 2.12. The number of nitrogens with one attached hydrogen (secondary N) is 1. The lowest BCUT2D eigenvalue weighted by atomic mass is 9.90. The van der Waals surface area contributed by atoms with Crippen molar-refractivity contribution < 1.29 is 9.59 Å². The van der Waals surface area contributed by atoms with Gasteiger partial charge in [0, 0.05) is 0 Å². The summed E-state index contributed by atoms with van der Waals surface area (Å²) in [5.74, 6) is -1.36. The Labute approximate surface area is 148 Å². The van der Waals surface area contributed by atoms with Crippen molar-refractivity contribution in [2.75, 3.05) is 6.54 Å². The van der Waals surface area contributed by atoms with E-state index in [0.29, 0.717) is 13.0 Å². The molecule has 5 heteroatoms. The van der Waals surface area contributed by atoms with E-state index >= 15 is 0 Å². The zero-order valence-electron chi connectivity index (χ0n) is 14.2. The summed E-state index contributed by atoms with van der Waals surface area (Å²) in [4.78, 5) is 25.0. The fraction of sp³-hybridized carbons (Fsp3) is 0.300. The lowest BCUT2D eigenvalue weighted by molar-refractivity contribution is -0.131. The second kappa shape index (κ2) is 9.71. The van der Waals surface area contributed by atoms with Crippen LogP contribution in [0.4, 0.5) is 0 Å². The average molecular weight is 339 g/mol. The van der Waals surface area contributed by atoms with Crippen LogP contribution < -0.4 is 16.8 Å². The summed E-state index contributed by atoms with van der Waals surface area (Å²) >= 11 is 0. The maximum Gasteiger partial charge on any atom is 0.243 e. The van der Waals surface area contributed by atoms with Gasteiger partial charge in [-0.05, 0) is 30.5 Å². The van der Waals surface area contributed by atoms with E-state index in [4.69, 9.17) is 11.5 Å². The standard InChI is InChI=1S/C20H25N3O2/c21-14-8-7-13-17(22)19(24)23-20(25)18(15-9-3-1-4-10-15)16-11-5-2-6-12-16/h1-6,9-12,17-18H,7-8,13-14,21-22H2,(H,23,24,25). The minimum absolute atomic E-state index is 0.364. The van der Waals surface area contributed by atoms with Crippen LogP contribution in [-0.4, -0.2) is 24.4 Å². The normalized spacial score (nSPS) is 12.0. The first kappa shape index (κ1) is 18.8. The Morgan fingerprint density at radius 3 is 1.84 bits per heavy atom. The SMILES string of the molecule is NCCCCC(N)C(=O)NC(=O)C(c1ccccc1)c1ccccc1. The quantitative estimate of drug-likeness (QED) is 0.640. The van der Waals surface area contributed by atoms with E-state index in [-0.39, 0.29) is 5.91 Å². The Hall–Kier alpha value is -2.50. The van der Waals surface area contributed by atoms with Gasteiger partial charge in [-0.3, -0.25) is 14.9 Å². The predicted octanol–water partition coefficient (Wildman–Crippen LogP) is 1.92. The van der Waals surface area contributed by atoms with E-state index in [9.17, 15) is 9.59 Å². The molecule has 5 nitrogen and oxygen atoms in total. The van der Waals surface area contributed by atoms with Crippen LogP contribution in [0.3, 0.4) is 0 Å². The number of hydrogen-bond acceptors (Lipinski definition) is 4. The summed E-state index contributed by atoms with van der Waals surface area (Å²) in [6.45, 7) is 0.567. The number of benzene rings is 2. The molecule has 1 atom stereocenters. The smallest absolute Gasteiger partial charge is 0.243 e. The molecule has 2 aromatic carbocycles. The highest BCUT2D eigenvalue weighted by atomic mass is 16.2. The van der Waals surface area contributed by atoms with Gasteiger partial charge in [-0.1, -0.05) is 67.1 Å². The zero-order valence-corrected chi connectivity index (χ0v) is 14.2. The van der Waals surface area contributed by atoms with Crippen molar-refractivity contribution in [3.05, 3.63) is 71.8 Å². The van der Waals surface area contributed by atoms with E-state index in [1.807, 2.05) is 60.7 Å². The third-order valence-corrected chi connectivity index (χ3v) is 4.08. The molecule has 1 unspecified atom stereocenters. The molecule has 5 N–H and O–H groups in total. The number of carbonyl (C=O) groups is 2. The molecule has 2 rings (SSSR count). The van der Waals surface area contributed by atoms with Gasteiger partial charge in [0.05, 0.1) is 12.0 Å². The lowest BCUT2D eigenvalue weighted by Crippen LogP contribution is -2.45. The van der Waals surface area contributed by atoms with Gasteiger partial charge in [-0.25, -0.2) is 0 Å². The fourth-order valence-electron chi connectivity index (χ4n) is 2.71. The van der Waals surface area contributed by atoms with Crippen molar-refractivity contribution in [3.63, 3.8) is 0 Å². The van der Waals surface area contributed by atoms with Crippen LogP contribution in [0.5, 0.6) is 0 Å². The summed E-state index contributed by atoms with van der Waals surface area (Å²) in [6, 6.07) is 18.1. The van der Waals surface area contributed by atoms with E-state index in [0.717, 1.165) is 24.0 Å². The van der Waals surface area contributed by atoms with E-state index in [2.05, 4.69) is 5.32 Å². The van der Waals surface area contributed by atoms with Crippen LogP contribution in [0, 0.1) is 0 Å². The van der Waals surface area contributed by atoms with Crippen molar-refractivity contribution in [1.82, 2.24) is 5.32 Å². The van der Waals surface area contributed by atoms with E-state index < -0.39 is 17.9 Å². The highest BCUT2D eigenvalue weighted by Gasteiger charge is 2.25. The molecule has 0 aliphatic heterocycles. The number of amides is 2. The van der Waals surface area contributed by atoms with Crippen molar-refractivity contribution >= 4 is 11.8 Å². The van der Waals surface area contributed by atoms with Gasteiger partial charge in [0.25, 0.3) is 0 Å². The third-order valence-electron chi connectivity index (χ3n) is 4.08. The van der Waals surface area contributed by atoms with Gasteiger partial charge in [-0.2, -0.15) is 0 Å². The highest BCUT2D eigenvalue weighted by molar-refractivity contribution is 6.01. The largest absolute Gasteiger partial charge is 0.330 e. The molecule has 2 amide bonds. The molecule has 132 valence electrons. The molecule has 0 bridgehead atoms. The molecule has 0 aliphatic rings. The van der Waals surface area contributed by atoms with Crippen molar-refractivity contribution in [2.45, 2.75) is 31.2 Å². The first-order valence-electron chi connectivity index (χ1n) is 8.53. The van der Waals surface area contributed by atoms with Crippen LogP contribution >= 0.6 is 0 Å². The first-order valence-corrected chi connectivity index (χ1v) is 8.53. The topological polar surface area (TPSA) is 98.2 Å².